The molecule has 2 aromatic rings. The second kappa shape index (κ2) is 8.00. The molecule has 2 aromatic carbocycles. The Hall–Kier alpha value is -2.29. The average Bonchev–Trinajstić information content (AvgIpc) is 2.67. The Balaban J connectivity index is 1.55. The van der Waals surface area contributed by atoms with Crippen molar-refractivity contribution in [2.75, 3.05) is 24.5 Å². The van der Waals surface area contributed by atoms with E-state index in [0.717, 1.165) is 18.7 Å². The second-order valence-corrected chi connectivity index (χ2v) is 6.62. The van der Waals surface area contributed by atoms with E-state index in [9.17, 15) is 4.79 Å². The molecule has 1 aliphatic rings. The third kappa shape index (κ3) is 4.16. The monoisotopic (exact) mass is 322 g/mol. The average molecular weight is 322 g/mol. The Bertz CT molecular complexity index is 645. The summed E-state index contributed by atoms with van der Waals surface area (Å²) in [5, 5.41) is 3.04. The molecule has 3 heteroatoms. The van der Waals surface area contributed by atoms with Crippen LogP contribution in [0.4, 0.5) is 5.69 Å². The number of carbonyl (C=O) groups is 1. The van der Waals surface area contributed by atoms with Crippen molar-refractivity contribution in [3.63, 3.8) is 0 Å². The van der Waals surface area contributed by atoms with Gasteiger partial charge in [0.15, 0.2) is 0 Å². The molecule has 0 aromatic heterocycles. The van der Waals surface area contributed by atoms with Crippen molar-refractivity contribution in [1.82, 2.24) is 5.32 Å². The molecule has 0 bridgehead atoms. The molecule has 126 valence electrons. The van der Waals surface area contributed by atoms with Crippen LogP contribution in [0.3, 0.4) is 0 Å². The number of anilines is 1. The highest BCUT2D eigenvalue weighted by molar-refractivity contribution is 5.94. The first kappa shape index (κ1) is 16.6. The van der Waals surface area contributed by atoms with Gasteiger partial charge in [0.1, 0.15) is 0 Å². The molecule has 1 atom stereocenters. The van der Waals surface area contributed by atoms with Crippen molar-refractivity contribution < 1.29 is 4.79 Å². The second-order valence-electron chi connectivity index (χ2n) is 6.62. The lowest BCUT2D eigenvalue weighted by atomic mass is 10.0. The van der Waals surface area contributed by atoms with Gasteiger partial charge in [-0.2, -0.15) is 0 Å². The van der Waals surface area contributed by atoms with E-state index in [-0.39, 0.29) is 5.91 Å². The highest BCUT2D eigenvalue weighted by atomic mass is 16.1. The van der Waals surface area contributed by atoms with Crippen molar-refractivity contribution >= 4 is 11.6 Å². The minimum atomic E-state index is 0.00275. The molecule has 0 aliphatic carbocycles. The lowest BCUT2D eigenvalue weighted by Crippen LogP contribution is -2.30. The molecule has 3 rings (SSSR count). The Morgan fingerprint density at radius 2 is 1.67 bits per heavy atom. The van der Waals surface area contributed by atoms with E-state index < -0.39 is 0 Å². The highest BCUT2D eigenvalue weighted by Gasteiger charge is 2.13. The number of amides is 1. The fourth-order valence-corrected chi connectivity index (χ4v) is 3.22. The molecule has 0 spiro atoms. The maximum atomic E-state index is 12.3. The first-order valence-electron chi connectivity index (χ1n) is 8.92. The molecule has 1 fully saturated rings. The Morgan fingerprint density at radius 3 is 2.33 bits per heavy atom. The lowest BCUT2D eigenvalue weighted by molar-refractivity contribution is 0.0951. The van der Waals surface area contributed by atoms with Crippen LogP contribution in [0, 0.1) is 0 Å². The van der Waals surface area contributed by atoms with E-state index >= 15 is 0 Å². The number of hydrogen-bond acceptors (Lipinski definition) is 2. The Labute approximate surface area is 144 Å². The molecular formula is C21H26N2O. The van der Waals surface area contributed by atoms with Crippen LogP contribution in [0.1, 0.15) is 48.0 Å². The number of piperidine rings is 1. The van der Waals surface area contributed by atoms with Gasteiger partial charge in [0, 0.05) is 30.9 Å². The molecule has 1 aliphatic heterocycles. The van der Waals surface area contributed by atoms with Crippen LogP contribution in [-0.2, 0) is 0 Å². The smallest absolute Gasteiger partial charge is 0.251 e. The molecule has 0 saturated carbocycles. The van der Waals surface area contributed by atoms with Gasteiger partial charge in [0.05, 0.1) is 0 Å². The number of benzene rings is 2. The largest absolute Gasteiger partial charge is 0.372 e. The predicted octanol–water partition coefficient (Wildman–Crippen LogP) is 4.21. The van der Waals surface area contributed by atoms with E-state index in [4.69, 9.17) is 0 Å². The first-order valence-corrected chi connectivity index (χ1v) is 8.92. The maximum absolute atomic E-state index is 12.3. The van der Waals surface area contributed by atoms with Gasteiger partial charge < -0.3 is 10.2 Å². The van der Waals surface area contributed by atoms with Crippen molar-refractivity contribution in [1.29, 1.82) is 0 Å². The normalized spacial score (nSPS) is 15.8. The topological polar surface area (TPSA) is 32.3 Å². The van der Waals surface area contributed by atoms with E-state index in [1.54, 1.807) is 0 Å². The number of hydrogen-bond donors (Lipinski definition) is 1. The molecule has 0 radical (unpaired) electrons. The van der Waals surface area contributed by atoms with Gasteiger partial charge in [-0.15, -0.1) is 0 Å². The molecule has 1 amide bonds. The minimum absolute atomic E-state index is 0.00275. The zero-order valence-electron chi connectivity index (χ0n) is 14.4. The molecule has 1 heterocycles. The third-order valence-electron chi connectivity index (χ3n) is 4.79. The first-order chi connectivity index (χ1) is 11.7. The van der Waals surface area contributed by atoms with Crippen LogP contribution in [-0.4, -0.2) is 25.5 Å². The SMILES string of the molecule is C[C@@H](CNC(=O)c1ccc(N2CCCCC2)cc1)c1ccccc1. The zero-order valence-corrected chi connectivity index (χ0v) is 14.4. The van der Waals surface area contributed by atoms with Gasteiger partial charge in [0.2, 0.25) is 0 Å². The van der Waals surface area contributed by atoms with E-state index in [2.05, 4.69) is 41.4 Å². The fourth-order valence-electron chi connectivity index (χ4n) is 3.22. The fraction of sp³-hybridized carbons (Fsp3) is 0.381. The van der Waals surface area contributed by atoms with Crippen molar-refractivity contribution in [3.05, 3.63) is 65.7 Å². The predicted molar refractivity (Wildman–Crippen MR) is 99.7 cm³/mol. The Morgan fingerprint density at radius 1 is 1.00 bits per heavy atom. The molecule has 0 unspecified atom stereocenters. The standard InChI is InChI=1S/C21H26N2O/c1-17(18-8-4-2-5-9-18)16-22-21(24)19-10-12-20(13-11-19)23-14-6-3-7-15-23/h2,4-5,8-13,17H,3,6-7,14-16H2,1H3,(H,22,24)/t17-/m0/s1. The van der Waals surface area contributed by atoms with Crippen molar-refractivity contribution in [2.24, 2.45) is 0 Å². The lowest BCUT2D eigenvalue weighted by Gasteiger charge is -2.28. The summed E-state index contributed by atoms with van der Waals surface area (Å²) in [4.78, 5) is 14.7. The van der Waals surface area contributed by atoms with Gasteiger partial charge >= 0.3 is 0 Å². The minimum Gasteiger partial charge on any atom is -0.372 e. The van der Waals surface area contributed by atoms with Crippen molar-refractivity contribution in [2.45, 2.75) is 32.1 Å². The van der Waals surface area contributed by atoms with E-state index in [1.165, 1.54) is 30.5 Å². The van der Waals surface area contributed by atoms with Gasteiger partial charge in [-0.05, 0) is 55.0 Å². The van der Waals surface area contributed by atoms with Crippen LogP contribution < -0.4 is 10.2 Å². The van der Waals surface area contributed by atoms with Gasteiger partial charge in [-0.25, -0.2) is 0 Å². The summed E-state index contributed by atoms with van der Waals surface area (Å²) in [6, 6.07) is 18.3. The molecule has 1 N–H and O–H groups in total. The molecular weight excluding hydrogens is 296 g/mol. The number of carbonyl (C=O) groups excluding carboxylic acids is 1. The van der Waals surface area contributed by atoms with Crippen LogP contribution in [0.5, 0.6) is 0 Å². The molecule has 24 heavy (non-hydrogen) atoms. The summed E-state index contributed by atoms with van der Waals surface area (Å²) in [6.45, 7) is 5.03. The highest BCUT2D eigenvalue weighted by Crippen LogP contribution is 2.20. The van der Waals surface area contributed by atoms with Gasteiger partial charge in [-0.1, -0.05) is 37.3 Å². The van der Waals surface area contributed by atoms with Crippen LogP contribution in [0.15, 0.2) is 54.6 Å². The van der Waals surface area contributed by atoms with Crippen LogP contribution in [0.2, 0.25) is 0 Å². The maximum Gasteiger partial charge on any atom is 0.251 e. The van der Waals surface area contributed by atoms with E-state index in [1.807, 2.05) is 30.3 Å². The van der Waals surface area contributed by atoms with Gasteiger partial charge in [0.25, 0.3) is 5.91 Å². The zero-order chi connectivity index (χ0) is 16.8. The Kier molecular flexibility index (Phi) is 5.52. The summed E-state index contributed by atoms with van der Waals surface area (Å²) in [5.41, 5.74) is 3.21. The van der Waals surface area contributed by atoms with Crippen LogP contribution >= 0.6 is 0 Å². The summed E-state index contributed by atoms with van der Waals surface area (Å²) in [7, 11) is 0. The van der Waals surface area contributed by atoms with Crippen molar-refractivity contribution in [3.8, 4) is 0 Å². The number of nitrogens with one attached hydrogen (secondary N) is 1. The van der Waals surface area contributed by atoms with E-state index in [0.29, 0.717) is 12.5 Å². The summed E-state index contributed by atoms with van der Waals surface area (Å²) < 4.78 is 0. The number of rotatable bonds is 5. The quantitative estimate of drug-likeness (QED) is 0.894. The molecule has 3 nitrogen and oxygen atoms in total. The summed E-state index contributed by atoms with van der Waals surface area (Å²) in [5.74, 6) is 0.311. The summed E-state index contributed by atoms with van der Waals surface area (Å²) >= 11 is 0. The van der Waals surface area contributed by atoms with Crippen LogP contribution in [0.25, 0.3) is 0 Å². The summed E-state index contributed by atoms with van der Waals surface area (Å²) in [6.07, 6.45) is 3.86. The third-order valence-corrected chi connectivity index (χ3v) is 4.79. The molecule has 1 saturated heterocycles. The number of nitrogens with zero attached hydrogens (tertiary/aromatic N) is 1. The van der Waals surface area contributed by atoms with Gasteiger partial charge in [-0.3, -0.25) is 4.79 Å².